The monoisotopic (exact) mass is 410 g/mol. The molecule has 2 amide bonds. The maximum absolute atomic E-state index is 13.8. The van der Waals surface area contributed by atoms with Gasteiger partial charge in [-0.05, 0) is 24.1 Å². The minimum Gasteiger partial charge on any atom is -0.503 e. The molecule has 1 aliphatic heterocycles. The zero-order chi connectivity index (χ0) is 21.3. The lowest BCUT2D eigenvalue weighted by Crippen LogP contribution is -2.34. The summed E-state index contributed by atoms with van der Waals surface area (Å²) in [7, 11) is 1.12. The highest BCUT2D eigenvalue weighted by Crippen LogP contribution is 2.27. The Labute approximate surface area is 162 Å². The van der Waals surface area contributed by atoms with Crippen LogP contribution in [0.1, 0.15) is 5.56 Å². The molecule has 1 heterocycles. The van der Waals surface area contributed by atoms with Gasteiger partial charge in [-0.15, -0.1) is 0 Å². The van der Waals surface area contributed by atoms with Crippen molar-refractivity contribution in [2.24, 2.45) is 0 Å². The predicted octanol–water partition coefficient (Wildman–Crippen LogP) is 2.86. The highest BCUT2D eigenvalue weighted by atomic mass is 19.1. The molecule has 6 nitrogen and oxygen atoms in total. The molecule has 0 aromatic heterocycles. The zero-order valence-corrected chi connectivity index (χ0v) is 14.9. The molecule has 3 rings (SSSR count). The third-order valence-corrected chi connectivity index (χ3v) is 4.19. The van der Waals surface area contributed by atoms with Crippen LogP contribution in [0.15, 0.2) is 36.0 Å². The summed E-state index contributed by atoms with van der Waals surface area (Å²) >= 11 is 0. The first-order valence-electron chi connectivity index (χ1n) is 8.25. The van der Waals surface area contributed by atoms with E-state index in [-0.39, 0.29) is 29.9 Å². The molecule has 0 bridgehead atoms. The average molecular weight is 410 g/mol. The third-order valence-electron chi connectivity index (χ3n) is 4.19. The van der Waals surface area contributed by atoms with Gasteiger partial charge in [0.1, 0.15) is 5.70 Å². The Morgan fingerprint density at radius 1 is 1.00 bits per heavy atom. The normalized spacial score (nSPS) is 13.7. The minimum atomic E-state index is -1.25. The second-order valence-corrected chi connectivity index (χ2v) is 6.11. The van der Waals surface area contributed by atoms with Gasteiger partial charge in [-0.3, -0.25) is 14.5 Å². The number of aromatic hydroxyl groups is 1. The lowest BCUT2D eigenvalue weighted by atomic mass is 10.1. The van der Waals surface area contributed by atoms with Crippen LogP contribution in [0.25, 0.3) is 0 Å². The second kappa shape index (κ2) is 7.82. The molecule has 29 heavy (non-hydrogen) atoms. The molecule has 2 aromatic carbocycles. The van der Waals surface area contributed by atoms with Gasteiger partial charge in [0.05, 0.1) is 7.11 Å². The van der Waals surface area contributed by atoms with E-state index in [4.69, 9.17) is 5.11 Å². The lowest BCUT2D eigenvalue weighted by Gasteiger charge is -2.16. The topological polar surface area (TPSA) is 78.9 Å². The van der Waals surface area contributed by atoms with Crippen molar-refractivity contribution in [2.75, 3.05) is 19.0 Å². The molecular weight excluding hydrogens is 396 g/mol. The Balaban J connectivity index is 1.70. The van der Waals surface area contributed by atoms with Crippen LogP contribution in [-0.2, 0) is 16.0 Å². The number of phenolic OH excluding ortho intramolecular Hbond substituents is 1. The molecule has 0 saturated heterocycles. The van der Waals surface area contributed by atoms with Gasteiger partial charge in [-0.25, -0.2) is 17.6 Å². The molecule has 2 N–H and O–H groups in total. The number of anilines is 1. The van der Waals surface area contributed by atoms with E-state index in [1.54, 1.807) is 0 Å². The SMILES string of the molecule is COc1c(F)cc(CCN2C(=O)C=C(Nc3cc(F)c(O)c(F)c3)C2=O)cc1F. The maximum Gasteiger partial charge on any atom is 0.277 e. The first-order chi connectivity index (χ1) is 13.7. The molecule has 1 aliphatic rings. The van der Waals surface area contributed by atoms with Crippen molar-refractivity contribution < 1.29 is 37.0 Å². The van der Waals surface area contributed by atoms with E-state index in [0.717, 1.165) is 42.4 Å². The van der Waals surface area contributed by atoms with Crippen molar-refractivity contribution >= 4 is 17.5 Å². The standard InChI is InChI=1S/C19H14F4N2O4/c1-29-18-13(22)4-9(5-14(18)23)2-3-25-16(26)8-15(19(25)28)24-10-6-11(20)17(27)12(21)7-10/h4-8,24,27H,2-3H2,1H3. The summed E-state index contributed by atoms with van der Waals surface area (Å²) < 4.78 is 58.9. The van der Waals surface area contributed by atoms with Gasteiger partial charge in [0.25, 0.3) is 11.8 Å². The van der Waals surface area contributed by atoms with Crippen molar-refractivity contribution in [3.05, 3.63) is 64.9 Å². The number of imide groups is 1. The Hall–Kier alpha value is -3.56. The summed E-state index contributed by atoms with van der Waals surface area (Å²) in [6.45, 7) is -0.178. The van der Waals surface area contributed by atoms with Gasteiger partial charge in [0.2, 0.25) is 0 Å². The summed E-state index contributed by atoms with van der Waals surface area (Å²) in [5.74, 6) is -7.51. The molecule has 152 valence electrons. The number of phenols is 1. The van der Waals surface area contributed by atoms with Gasteiger partial charge in [-0.2, -0.15) is 0 Å². The number of carbonyl (C=O) groups is 2. The van der Waals surface area contributed by atoms with Gasteiger partial charge >= 0.3 is 0 Å². The molecule has 0 aliphatic carbocycles. The van der Waals surface area contributed by atoms with E-state index in [2.05, 4.69) is 10.1 Å². The van der Waals surface area contributed by atoms with Crippen LogP contribution >= 0.6 is 0 Å². The predicted molar refractivity (Wildman–Crippen MR) is 93.1 cm³/mol. The minimum absolute atomic E-state index is 0.0289. The van der Waals surface area contributed by atoms with Crippen LogP contribution in [0.4, 0.5) is 23.2 Å². The lowest BCUT2D eigenvalue weighted by molar-refractivity contribution is -0.137. The summed E-state index contributed by atoms with van der Waals surface area (Å²) in [4.78, 5) is 25.3. The van der Waals surface area contributed by atoms with Crippen molar-refractivity contribution in [2.45, 2.75) is 6.42 Å². The fourth-order valence-corrected chi connectivity index (χ4v) is 2.80. The van der Waals surface area contributed by atoms with E-state index in [0.29, 0.717) is 0 Å². The molecule has 0 unspecified atom stereocenters. The fourth-order valence-electron chi connectivity index (χ4n) is 2.80. The van der Waals surface area contributed by atoms with Crippen molar-refractivity contribution in [1.29, 1.82) is 0 Å². The van der Waals surface area contributed by atoms with Crippen LogP contribution in [0.5, 0.6) is 11.5 Å². The highest BCUT2D eigenvalue weighted by Gasteiger charge is 2.31. The van der Waals surface area contributed by atoms with Crippen molar-refractivity contribution in [1.82, 2.24) is 4.90 Å². The van der Waals surface area contributed by atoms with Crippen molar-refractivity contribution in [3.63, 3.8) is 0 Å². The highest BCUT2D eigenvalue weighted by molar-refractivity contribution is 6.17. The summed E-state index contributed by atoms with van der Waals surface area (Å²) in [6, 6.07) is 3.56. The van der Waals surface area contributed by atoms with Crippen LogP contribution in [-0.4, -0.2) is 35.5 Å². The molecule has 0 radical (unpaired) electrons. The zero-order valence-electron chi connectivity index (χ0n) is 14.9. The van der Waals surface area contributed by atoms with E-state index in [9.17, 15) is 27.2 Å². The van der Waals surface area contributed by atoms with Crippen LogP contribution < -0.4 is 10.1 Å². The van der Waals surface area contributed by atoms with E-state index in [1.165, 1.54) is 0 Å². The summed E-state index contributed by atoms with van der Waals surface area (Å²) in [5.41, 5.74) is -0.233. The molecule has 0 fully saturated rings. The Morgan fingerprint density at radius 3 is 2.14 bits per heavy atom. The number of halogens is 4. The number of carbonyl (C=O) groups excluding carboxylic acids is 2. The quantitative estimate of drug-likeness (QED) is 0.435. The number of amides is 2. The molecule has 2 aromatic rings. The van der Waals surface area contributed by atoms with E-state index in [1.807, 2.05) is 0 Å². The first kappa shape index (κ1) is 20.2. The van der Waals surface area contributed by atoms with Crippen molar-refractivity contribution in [3.8, 4) is 11.5 Å². The third kappa shape index (κ3) is 4.00. The number of ether oxygens (including phenoxy) is 1. The number of nitrogens with one attached hydrogen (secondary N) is 1. The summed E-state index contributed by atoms with van der Waals surface area (Å²) in [5, 5.41) is 11.5. The van der Waals surface area contributed by atoms with Gasteiger partial charge in [-0.1, -0.05) is 0 Å². The maximum atomic E-state index is 13.8. The van der Waals surface area contributed by atoms with Gasteiger partial charge in [0.15, 0.2) is 34.8 Å². The van der Waals surface area contributed by atoms with Crippen LogP contribution in [0, 0.1) is 23.3 Å². The second-order valence-electron chi connectivity index (χ2n) is 6.11. The number of hydrogen-bond acceptors (Lipinski definition) is 5. The number of benzene rings is 2. The molecule has 10 heteroatoms. The Bertz CT molecular complexity index is 993. The van der Waals surface area contributed by atoms with Gasteiger partial charge < -0.3 is 15.2 Å². The van der Waals surface area contributed by atoms with Gasteiger partial charge in [0, 0.05) is 30.4 Å². The first-order valence-corrected chi connectivity index (χ1v) is 8.25. The molecule has 0 saturated carbocycles. The largest absolute Gasteiger partial charge is 0.503 e. The molecular formula is C19H14F4N2O4. The number of hydrogen-bond donors (Lipinski definition) is 2. The smallest absolute Gasteiger partial charge is 0.277 e. The van der Waals surface area contributed by atoms with E-state index < -0.39 is 46.6 Å². The number of methoxy groups -OCH3 is 1. The summed E-state index contributed by atoms with van der Waals surface area (Å²) in [6.07, 6.45) is 0.902. The number of nitrogens with zero attached hydrogens (tertiary/aromatic N) is 1. The van der Waals surface area contributed by atoms with Crippen LogP contribution in [0.2, 0.25) is 0 Å². The van der Waals surface area contributed by atoms with Crippen LogP contribution in [0.3, 0.4) is 0 Å². The Kier molecular flexibility index (Phi) is 5.44. The Morgan fingerprint density at radius 2 is 1.59 bits per heavy atom. The fraction of sp³-hybridized carbons (Fsp3) is 0.158. The van der Waals surface area contributed by atoms with E-state index >= 15 is 0 Å². The number of rotatable bonds is 6. The molecule has 0 atom stereocenters. The molecule has 0 spiro atoms. The average Bonchev–Trinajstić information content (AvgIpc) is 2.91.